The van der Waals surface area contributed by atoms with Crippen molar-refractivity contribution in [3.8, 4) is 5.75 Å². The van der Waals surface area contributed by atoms with Crippen LogP contribution >= 0.6 is 0 Å². The molecule has 0 saturated heterocycles. The molecule has 0 bridgehead atoms. The predicted octanol–water partition coefficient (Wildman–Crippen LogP) is 3.71. The molecule has 3 nitrogen and oxygen atoms in total. The summed E-state index contributed by atoms with van der Waals surface area (Å²) in [7, 11) is 0. The average Bonchev–Trinajstić information content (AvgIpc) is 2.44. The minimum Gasteiger partial charge on any atom is -0.493 e. The average molecular weight is 269 g/mol. The lowest BCUT2D eigenvalue weighted by atomic mass is 10.1. The van der Waals surface area contributed by atoms with Gasteiger partial charge in [0.1, 0.15) is 5.75 Å². The van der Waals surface area contributed by atoms with Crippen LogP contribution in [0.2, 0.25) is 0 Å². The van der Waals surface area contributed by atoms with Crippen LogP contribution in [0, 0.1) is 13.8 Å². The zero-order valence-corrected chi connectivity index (χ0v) is 11.8. The topological polar surface area (TPSA) is 38.3 Å². The third-order valence-corrected chi connectivity index (χ3v) is 2.99. The van der Waals surface area contributed by atoms with Crippen LogP contribution < -0.4 is 10.1 Å². The Morgan fingerprint density at radius 3 is 2.60 bits per heavy atom. The van der Waals surface area contributed by atoms with Gasteiger partial charge in [0.15, 0.2) is 0 Å². The van der Waals surface area contributed by atoms with Crippen molar-refractivity contribution in [2.75, 3.05) is 11.9 Å². The van der Waals surface area contributed by atoms with E-state index < -0.39 is 0 Å². The van der Waals surface area contributed by atoms with Gasteiger partial charge in [-0.15, -0.1) is 0 Å². The molecule has 0 aliphatic rings. The number of para-hydroxylation sites is 1. The molecule has 0 spiro atoms. The fourth-order valence-corrected chi connectivity index (χ4v) is 1.86. The number of benzene rings is 2. The van der Waals surface area contributed by atoms with Crippen molar-refractivity contribution < 1.29 is 9.53 Å². The minimum absolute atomic E-state index is 0.0403. The molecule has 2 aromatic carbocycles. The van der Waals surface area contributed by atoms with Gasteiger partial charge < -0.3 is 10.1 Å². The maximum atomic E-state index is 11.8. The lowest BCUT2D eigenvalue weighted by Crippen LogP contribution is -2.15. The first-order valence-electron chi connectivity index (χ1n) is 6.70. The van der Waals surface area contributed by atoms with E-state index in [4.69, 9.17) is 4.74 Å². The Kier molecular flexibility index (Phi) is 4.77. The van der Waals surface area contributed by atoms with E-state index in [2.05, 4.69) is 5.32 Å². The van der Waals surface area contributed by atoms with E-state index in [1.165, 1.54) is 0 Å². The lowest BCUT2D eigenvalue weighted by Gasteiger charge is -2.10. The van der Waals surface area contributed by atoms with Crippen molar-refractivity contribution >= 4 is 11.6 Å². The van der Waals surface area contributed by atoms with E-state index in [1.807, 2.05) is 62.4 Å². The number of hydrogen-bond donors (Lipinski definition) is 1. The van der Waals surface area contributed by atoms with Gasteiger partial charge in [0, 0.05) is 5.69 Å². The first-order valence-corrected chi connectivity index (χ1v) is 6.70. The van der Waals surface area contributed by atoms with Crippen LogP contribution in [0.3, 0.4) is 0 Å². The Balaban J connectivity index is 1.81. The summed E-state index contributed by atoms with van der Waals surface area (Å²) in [5.41, 5.74) is 3.04. The van der Waals surface area contributed by atoms with Crippen molar-refractivity contribution in [3.05, 3.63) is 59.7 Å². The van der Waals surface area contributed by atoms with Crippen molar-refractivity contribution in [1.29, 1.82) is 0 Å². The van der Waals surface area contributed by atoms with Crippen molar-refractivity contribution in [1.82, 2.24) is 0 Å². The minimum atomic E-state index is -0.0403. The Bertz CT molecular complexity index is 579. The molecule has 0 aromatic heterocycles. The molecule has 0 heterocycles. The maximum absolute atomic E-state index is 11.8. The SMILES string of the molecule is Cc1ccc(C)c(OCCC(=O)Nc2ccccc2)c1. The monoisotopic (exact) mass is 269 g/mol. The zero-order chi connectivity index (χ0) is 14.4. The predicted molar refractivity (Wildman–Crippen MR) is 81.1 cm³/mol. The summed E-state index contributed by atoms with van der Waals surface area (Å²) < 4.78 is 5.67. The number of carbonyl (C=O) groups is 1. The van der Waals surface area contributed by atoms with Gasteiger partial charge >= 0.3 is 0 Å². The van der Waals surface area contributed by atoms with Crippen LogP contribution in [0.4, 0.5) is 5.69 Å². The summed E-state index contributed by atoms with van der Waals surface area (Å²) in [6, 6.07) is 15.5. The van der Waals surface area contributed by atoms with E-state index >= 15 is 0 Å². The normalized spacial score (nSPS) is 10.1. The number of nitrogens with one attached hydrogen (secondary N) is 1. The van der Waals surface area contributed by atoms with Crippen molar-refractivity contribution in [3.63, 3.8) is 0 Å². The summed E-state index contributed by atoms with van der Waals surface area (Å²) in [5.74, 6) is 0.805. The maximum Gasteiger partial charge on any atom is 0.227 e. The highest BCUT2D eigenvalue weighted by molar-refractivity contribution is 5.90. The summed E-state index contributed by atoms with van der Waals surface area (Å²) in [6.45, 7) is 4.40. The first kappa shape index (κ1) is 14.1. The molecule has 0 unspecified atom stereocenters. The molecule has 0 fully saturated rings. The van der Waals surface area contributed by atoms with Crippen LogP contribution in [0.1, 0.15) is 17.5 Å². The van der Waals surface area contributed by atoms with E-state index in [0.717, 1.165) is 22.6 Å². The van der Waals surface area contributed by atoms with Crippen molar-refractivity contribution in [2.45, 2.75) is 20.3 Å². The second-order valence-corrected chi connectivity index (χ2v) is 4.78. The second-order valence-electron chi connectivity index (χ2n) is 4.78. The number of ether oxygens (including phenoxy) is 1. The number of aryl methyl sites for hydroxylation is 2. The Labute approximate surface area is 119 Å². The summed E-state index contributed by atoms with van der Waals surface area (Å²) in [6.07, 6.45) is 0.336. The molecule has 0 atom stereocenters. The van der Waals surface area contributed by atoms with Crippen molar-refractivity contribution in [2.24, 2.45) is 0 Å². The molecule has 0 aliphatic heterocycles. The highest BCUT2D eigenvalue weighted by atomic mass is 16.5. The van der Waals surface area contributed by atoms with Crippen LogP contribution in [0.5, 0.6) is 5.75 Å². The van der Waals surface area contributed by atoms with Gasteiger partial charge in [-0.25, -0.2) is 0 Å². The molecular weight excluding hydrogens is 250 g/mol. The van der Waals surface area contributed by atoms with Gasteiger partial charge in [-0.3, -0.25) is 4.79 Å². The van der Waals surface area contributed by atoms with Gasteiger partial charge in [0.2, 0.25) is 5.91 Å². The van der Waals surface area contributed by atoms with E-state index in [1.54, 1.807) is 0 Å². The van der Waals surface area contributed by atoms with Gasteiger partial charge in [-0.05, 0) is 43.2 Å². The summed E-state index contributed by atoms with van der Waals surface area (Å²) in [5, 5.41) is 2.84. The molecular formula is C17H19NO2. The van der Waals surface area contributed by atoms with E-state index in [-0.39, 0.29) is 5.91 Å². The van der Waals surface area contributed by atoms with Crippen LogP contribution in [0.25, 0.3) is 0 Å². The smallest absolute Gasteiger partial charge is 0.227 e. The van der Waals surface area contributed by atoms with Gasteiger partial charge in [0.05, 0.1) is 13.0 Å². The van der Waals surface area contributed by atoms with Gasteiger partial charge in [-0.2, -0.15) is 0 Å². The number of hydrogen-bond acceptors (Lipinski definition) is 2. The Morgan fingerprint density at radius 2 is 1.85 bits per heavy atom. The molecule has 2 aromatic rings. The molecule has 20 heavy (non-hydrogen) atoms. The fourth-order valence-electron chi connectivity index (χ4n) is 1.86. The molecule has 0 aliphatic carbocycles. The zero-order valence-electron chi connectivity index (χ0n) is 11.8. The first-order chi connectivity index (χ1) is 9.65. The van der Waals surface area contributed by atoms with Gasteiger partial charge in [0.25, 0.3) is 0 Å². The number of anilines is 1. The number of rotatable bonds is 5. The third-order valence-electron chi connectivity index (χ3n) is 2.99. The lowest BCUT2D eigenvalue weighted by molar-refractivity contribution is -0.116. The fraction of sp³-hybridized carbons (Fsp3) is 0.235. The van der Waals surface area contributed by atoms with Crippen LogP contribution in [-0.2, 0) is 4.79 Å². The van der Waals surface area contributed by atoms with Crippen LogP contribution in [0.15, 0.2) is 48.5 Å². The molecule has 1 amide bonds. The summed E-state index contributed by atoms with van der Waals surface area (Å²) in [4.78, 5) is 11.8. The van der Waals surface area contributed by atoms with E-state index in [0.29, 0.717) is 13.0 Å². The highest BCUT2D eigenvalue weighted by Crippen LogP contribution is 2.19. The molecule has 1 N–H and O–H groups in total. The Hall–Kier alpha value is -2.29. The number of amides is 1. The number of carbonyl (C=O) groups excluding carboxylic acids is 1. The standard InChI is InChI=1S/C17H19NO2/c1-13-8-9-14(2)16(12-13)20-11-10-17(19)18-15-6-4-3-5-7-15/h3-9,12H,10-11H2,1-2H3,(H,18,19). The molecule has 3 heteroatoms. The van der Waals surface area contributed by atoms with Crippen LogP contribution in [-0.4, -0.2) is 12.5 Å². The highest BCUT2D eigenvalue weighted by Gasteiger charge is 2.04. The molecule has 0 saturated carbocycles. The largest absolute Gasteiger partial charge is 0.493 e. The van der Waals surface area contributed by atoms with E-state index in [9.17, 15) is 4.79 Å². The Morgan fingerprint density at radius 1 is 1.10 bits per heavy atom. The molecule has 2 rings (SSSR count). The van der Waals surface area contributed by atoms with Gasteiger partial charge in [-0.1, -0.05) is 30.3 Å². The third kappa shape index (κ3) is 4.12. The second kappa shape index (κ2) is 6.75. The summed E-state index contributed by atoms with van der Waals surface area (Å²) >= 11 is 0. The molecule has 104 valence electrons. The molecule has 0 radical (unpaired) electrons. The quantitative estimate of drug-likeness (QED) is 0.898.